The van der Waals surface area contributed by atoms with Crippen molar-refractivity contribution in [3.05, 3.63) is 65.3 Å². The van der Waals surface area contributed by atoms with Crippen molar-refractivity contribution in [1.29, 1.82) is 0 Å². The predicted octanol–water partition coefficient (Wildman–Crippen LogP) is 3.32. The van der Waals surface area contributed by atoms with E-state index in [9.17, 15) is 4.79 Å². The van der Waals surface area contributed by atoms with Crippen LogP contribution in [0.2, 0.25) is 0 Å². The highest BCUT2D eigenvalue weighted by Crippen LogP contribution is 2.30. The quantitative estimate of drug-likeness (QED) is 0.117. The molecule has 3 heterocycles. The van der Waals surface area contributed by atoms with Crippen LogP contribution >= 0.6 is 0 Å². The standard InChI is InChI=1S/C37H52N6O7/c1-28-37(29(2)50-41-28)31-6-9-34-33(27-31)40-35(43(34)15-14-42-16-21-47-22-17-42)10-5-30-3-7-32(8-4-30)49-20-13-39-36(44)11-18-45-23-25-48-26-24-46-19-12-38/h3-4,6-9,27H,5,10-26,38H2,1-2H3,(H,39,44). The maximum atomic E-state index is 12.1. The zero-order valence-corrected chi connectivity index (χ0v) is 29.5. The normalized spacial score (nSPS) is 13.7. The number of aryl methyl sites for hydroxylation is 4. The van der Waals surface area contributed by atoms with Crippen LogP contribution in [0.3, 0.4) is 0 Å². The summed E-state index contributed by atoms with van der Waals surface area (Å²) in [6.45, 7) is 13.3. The van der Waals surface area contributed by atoms with Gasteiger partial charge in [-0.2, -0.15) is 0 Å². The summed E-state index contributed by atoms with van der Waals surface area (Å²) in [5.74, 6) is 2.58. The van der Waals surface area contributed by atoms with Crippen molar-refractivity contribution in [2.75, 3.05) is 92.2 Å². The molecule has 13 heteroatoms. The van der Waals surface area contributed by atoms with Crippen LogP contribution < -0.4 is 15.8 Å². The van der Waals surface area contributed by atoms with Gasteiger partial charge in [-0.25, -0.2) is 4.98 Å². The van der Waals surface area contributed by atoms with Gasteiger partial charge in [0.05, 0.1) is 76.1 Å². The second-order valence-corrected chi connectivity index (χ2v) is 12.3. The first-order valence-electron chi connectivity index (χ1n) is 17.7. The van der Waals surface area contributed by atoms with Crippen molar-refractivity contribution in [3.63, 3.8) is 0 Å². The molecule has 5 rings (SSSR count). The van der Waals surface area contributed by atoms with Gasteiger partial charge < -0.3 is 43.8 Å². The highest BCUT2D eigenvalue weighted by atomic mass is 16.5. The first-order chi connectivity index (χ1) is 24.5. The Kier molecular flexibility index (Phi) is 15.0. The molecule has 1 aliphatic heterocycles. The van der Waals surface area contributed by atoms with E-state index in [1.165, 1.54) is 5.56 Å². The SMILES string of the molecule is Cc1noc(C)c1-c1ccc2c(c1)nc(CCc1ccc(OCCNC(=O)CCOCCOCCOCCN)cc1)n2CCN1CCOCC1. The molecule has 0 saturated carbocycles. The molecule has 50 heavy (non-hydrogen) atoms. The summed E-state index contributed by atoms with van der Waals surface area (Å²) in [6.07, 6.45) is 1.95. The number of hydrogen-bond donors (Lipinski definition) is 2. The van der Waals surface area contributed by atoms with Crippen LogP contribution in [0.5, 0.6) is 5.75 Å². The van der Waals surface area contributed by atoms with Crippen LogP contribution in [0.4, 0.5) is 0 Å². The fourth-order valence-corrected chi connectivity index (χ4v) is 5.98. The molecule has 1 saturated heterocycles. The first kappa shape index (κ1) is 37.4. The van der Waals surface area contributed by atoms with Gasteiger partial charge in [0.2, 0.25) is 5.91 Å². The van der Waals surface area contributed by atoms with E-state index in [1.807, 2.05) is 26.0 Å². The molecule has 0 atom stereocenters. The number of carbonyl (C=O) groups is 1. The molecule has 2 aromatic heterocycles. The summed E-state index contributed by atoms with van der Waals surface area (Å²) in [6, 6.07) is 14.6. The van der Waals surface area contributed by atoms with E-state index in [0.717, 1.165) is 97.4 Å². The van der Waals surface area contributed by atoms with Gasteiger partial charge in [0.15, 0.2) is 0 Å². The van der Waals surface area contributed by atoms with Crippen molar-refractivity contribution < 1.29 is 33.0 Å². The number of rotatable bonds is 22. The van der Waals surface area contributed by atoms with Crippen molar-refractivity contribution >= 4 is 16.9 Å². The lowest BCUT2D eigenvalue weighted by Gasteiger charge is -2.27. The molecule has 13 nitrogen and oxygen atoms in total. The molecule has 272 valence electrons. The third kappa shape index (κ3) is 11.3. The minimum absolute atomic E-state index is 0.0732. The Bertz CT molecular complexity index is 1580. The number of nitrogens with one attached hydrogen (secondary N) is 1. The lowest BCUT2D eigenvalue weighted by Crippen LogP contribution is -2.38. The van der Waals surface area contributed by atoms with Crippen molar-refractivity contribution in [2.45, 2.75) is 39.7 Å². The zero-order valence-electron chi connectivity index (χ0n) is 29.5. The molecule has 0 bridgehead atoms. The number of ether oxygens (including phenoxy) is 5. The second-order valence-electron chi connectivity index (χ2n) is 12.3. The molecule has 0 unspecified atom stereocenters. The van der Waals surface area contributed by atoms with Crippen molar-refractivity contribution in [3.8, 4) is 16.9 Å². The van der Waals surface area contributed by atoms with Crippen molar-refractivity contribution in [1.82, 2.24) is 24.9 Å². The molecule has 0 radical (unpaired) electrons. The Morgan fingerprint density at radius 3 is 2.36 bits per heavy atom. The number of benzene rings is 2. The van der Waals surface area contributed by atoms with Gasteiger partial charge >= 0.3 is 0 Å². The molecule has 0 spiro atoms. The second kappa shape index (κ2) is 20.1. The van der Waals surface area contributed by atoms with Crippen LogP contribution in [0.25, 0.3) is 22.2 Å². The van der Waals surface area contributed by atoms with Gasteiger partial charge in [0.25, 0.3) is 0 Å². The van der Waals surface area contributed by atoms with Crippen LogP contribution in [-0.4, -0.2) is 118 Å². The number of aromatic nitrogens is 3. The Labute approximate surface area is 294 Å². The summed E-state index contributed by atoms with van der Waals surface area (Å²) < 4.78 is 35.3. The number of carbonyl (C=O) groups excluding carboxylic acids is 1. The monoisotopic (exact) mass is 692 g/mol. The number of nitrogens with zero attached hydrogens (tertiary/aromatic N) is 4. The molecular formula is C37H52N6O7. The highest BCUT2D eigenvalue weighted by molar-refractivity contribution is 5.83. The molecule has 1 amide bonds. The van der Waals surface area contributed by atoms with Crippen LogP contribution in [0.15, 0.2) is 47.0 Å². The highest BCUT2D eigenvalue weighted by Gasteiger charge is 2.17. The summed E-state index contributed by atoms with van der Waals surface area (Å²) >= 11 is 0. The van der Waals surface area contributed by atoms with Gasteiger partial charge in [-0.15, -0.1) is 0 Å². The van der Waals surface area contributed by atoms with E-state index in [0.29, 0.717) is 59.3 Å². The Morgan fingerprint density at radius 2 is 1.64 bits per heavy atom. The Balaban J connectivity index is 1.06. The summed E-state index contributed by atoms with van der Waals surface area (Å²) in [5, 5.41) is 7.02. The largest absolute Gasteiger partial charge is 0.492 e. The summed E-state index contributed by atoms with van der Waals surface area (Å²) in [5.41, 5.74) is 11.7. The molecule has 0 aliphatic carbocycles. The van der Waals surface area contributed by atoms with E-state index >= 15 is 0 Å². The maximum Gasteiger partial charge on any atom is 0.222 e. The minimum atomic E-state index is -0.0732. The van der Waals surface area contributed by atoms with Gasteiger partial charge in [-0.1, -0.05) is 23.4 Å². The minimum Gasteiger partial charge on any atom is -0.492 e. The molecule has 2 aromatic carbocycles. The van der Waals surface area contributed by atoms with E-state index < -0.39 is 0 Å². The zero-order chi connectivity index (χ0) is 35.0. The van der Waals surface area contributed by atoms with Crippen LogP contribution in [0, 0.1) is 13.8 Å². The molecule has 4 aromatic rings. The van der Waals surface area contributed by atoms with Gasteiger partial charge in [0, 0.05) is 51.1 Å². The van der Waals surface area contributed by atoms with Gasteiger partial charge in [-0.3, -0.25) is 9.69 Å². The fourth-order valence-electron chi connectivity index (χ4n) is 5.98. The maximum absolute atomic E-state index is 12.1. The van der Waals surface area contributed by atoms with E-state index in [-0.39, 0.29) is 12.3 Å². The van der Waals surface area contributed by atoms with Gasteiger partial charge in [0.1, 0.15) is 23.9 Å². The van der Waals surface area contributed by atoms with Crippen molar-refractivity contribution in [2.24, 2.45) is 5.73 Å². The summed E-state index contributed by atoms with van der Waals surface area (Å²) in [7, 11) is 0. The van der Waals surface area contributed by atoms with E-state index in [2.05, 4.69) is 50.3 Å². The number of amides is 1. The summed E-state index contributed by atoms with van der Waals surface area (Å²) in [4.78, 5) is 19.7. The third-order valence-corrected chi connectivity index (χ3v) is 8.63. The smallest absolute Gasteiger partial charge is 0.222 e. The number of fused-ring (bicyclic) bond motifs is 1. The number of morpholine rings is 1. The molecule has 3 N–H and O–H groups in total. The molecule has 1 aliphatic rings. The topological polar surface area (TPSA) is 148 Å². The fraction of sp³-hybridized carbons (Fsp3) is 0.541. The molecule has 1 fully saturated rings. The lowest BCUT2D eigenvalue weighted by atomic mass is 10.0. The average Bonchev–Trinajstić information content (AvgIpc) is 3.66. The van der Waals surface area contributed by atoms with E-state index in [1.54, 1.807) is 0 Å². The Morgan fingerprint density at radius 1 is 0.900 bits per heavy atom. The van der Waals surface area contributed by atoms with Crippen LogP contribution in [-0.2, 0) is 43.1 Å². The number of imidazole rings is 1. The van der Waals surface area contributed by atoms with Gasteiger partial charge in [-0.05, 0) is 55.7 Å². The first-order valence-corrected chi connectivity index (χ1v) is 17.7. The number of hydrogen-bond acceptors (Lipinski definition) is 11. The van der Waals surface area contributed by atoms with Crippen LogP contribution in [0.1, 0.15) is 29.3 Å². The van der Waals surface area contributed by atoms with E-state index in [4.69, 9.17) is 38.9 Å². The lowest BCUT2D eigenvalue weighted by molar-refractivity contribution is -0.122. The number of nitrogens with two attached hydrogens (primary N) is 1. The Hall–Kier alpha value is -3.85. The predicted molar refractivity (Wildman–Crippen MR) is 190 cm³/mol. The molecular weight excluding hydrogens is 640 g/mol. The third-order valence-electron chi connectivity index (χ3n) is 8.63. The average molecular weight is 693 g/mol.